The summed E-state index contributed by atoms with van der Waals surface area (Å²) in [5, 5.41) is 58.8. The molecule has 3 rings (SSSR count). The fraction of sp³-hybridized carbons (Fsp3) is 0.432. The maximum Gasteiger partial charge on any atom is 2.00 e. The van der Waals surface area contributed by atoms with Crippen molar-refractivity contribution in [3.8, 4) is 22.8 Å². The van der Waals surface area contributed by atoms with E-state index in [-0.39, 0.29) is 58.9 Å². The molecule has 0 aliphatic carbocycles. The van der Waals surface area contributed by atoms with E-state index in [0.29, 0.717) is 0 Å². The molecule has 0 N–H and O–H groups in total. The first kappa shape index (κ1) is 54.2. The number of rotatable bonds is 17. The van der Waals surface area contributed by atoms with E-state index < -0.39 is 17.9 Å². The summed E-state index contributed by atoms with van der Waals surface area (Å²) in [5.41, 5.74) is -0.366. The number of unbranched alkanes of at least 4 members (excludes halogenated alkanes) is 4. The smallest absolute Gasteiger partial charge is 0.753 e. The van der Waals surface area contributed by atoms with Gasteiger partial charge in [0.15, 0.2) is 0 Å². The number of hydrogen-bond donors (Lipinski definition) is 0. The summed E-state index contributed by atoms with van der Waals surface area (Å²) in [6.07, 6.45) is 13.5. The molecule has 54 heavy (non-hydrogen) atoms. The van der Waals surface area contributed by atoms with Gasteiger partial charge < -0.3 is 50.4 Å². The van der Waals surface area contributed by atoms with Crippen molar-refractivity contribution < 1.29 is 53.7 Å². The average Bonchev–Trinajstić information content (AvgIpc) is 3.15. The summed E-state index contributed by atoms with van der Waals surface area (Å²) in [4.78, 5) is 45.5. The van der Waals surface area contributed by atoms with Gasteiger partial charge in [-0.25, -0.2) is 4.98 Å². The Morgan fingerprint density at radius 3 is 1.07 bits per heavy atom. The van der Waals surface area contributed by atoms with Gasteiger partial charge in [0, 0.05) is 29.1 Å². The van der Waals surface area contributed by atoms with Crippen LogP contribution in [0.25, 0.3) is 39.0 Å². The molecule has 0 aliphatic heterocycles. The van der Waals surface area contributed by atoms with E-state index in [4.69, 9.17) is 16.2 Å². The van der Waals surface area contributed by atoms with E-state index in [1.807, 2.05) is 0 Å². The average molecular weight is 880 g/mol. The fourth-order valence-electron chi connectivity index (χ4n) is 4.95. The van der Waals surface area contributed by atoms with Crippen molar-refractivity contribution in [2.45, 2.75) is 79.1 Å². The van der Waals surface area contributed by atoms with Crippen LogP contribution >= 0.6 is 36.7 Å². The molecule has 3 aromatic rings. The van der Waals surface area contributed by atoms with Crippen molar-refractivity contribution in [1.29, 1.82) is 0 Å². The number of thiocarbonyl (C=S) groups is 3. The van der Waals surface area contributed by atoms with E-state index >= 15 is 0 Å². The van der Waals surface area contributed by atoms with Gasteiger partial charge >= 0.3 is 19.5 Å². The van der Waals surface area contributed by atoms with Crippen LogP contribution in [0.3, 0.4) is 0 Å². The molecule has 0 aromatic carbocycles. The van der Waals surface area contributed by atoms with Crippen molar-refractivity contribution in [2.24, 2.45) is 0 Å². The standard InChI is InChI=1S/C18H11N3O6.C16H36N.3CNS.Ru/c22-16(23)9-1-3-19-12(5-9)14-7-11(18(26)27)8-15(21-14)13-6-10(17(24)25)2-4-20-13;1-5-9-13-17(14-10-6-2,15-11-7-3)16-12-8-4;3*2-1-3;/h1-8H,(H,22,23)(H,24,25)(H,26,27);5-16H2,1-4H3;;;;/q;+1;3*-1;+2/p-3. The van der Waals surface area contributed by atoms with E-state index in [9.17, 15) is 29.7 Å². The summed E-state index contributed by atoms with van der Waals surface area (Å²) in [7, 11) is 0. The molecule has 0 unspecified atom stereocenters. The Morgan fingerprint density at radius 2 is 0.833 bits per heavy atom. The molecule has 0 saturated heterocycles. The Bertz CT molecular complexity index is 1540. The maximum absolute atomic E-state index is 11.3. The van der Waals surface area contributed by atoms with E-state index in [0.717, 1.165) is 12.1 Å². The zero-order valence-corrected chi connectivity index (χ0v) is 34.9. The van der Waals surface area contributed by atoms with Crippen molar-refractivity contribution in [2.75, 3.05) is 26.2 Å². The Morgan fingerprint density at radius 1 is 0.574 bits per heavy atom. The molecule has 0 amide bonds. The van der Waals surface area contributed by atoms with Crippen LogP contribution in [0, 0.1) is 0 Å². The summed E-state index contributed by atoms with van der Waals surface area (Å²) in [6.45, 7) is 15.0. The number of carbonyl (C=O) groups is 3. The molecule has 0 radical (unpaired) electrons. The summed E-state index contributed by atoms with van der Waals surface area (Å²) >= 11 is 11.1. The quantitative estimate of drug-likeness (QED) is 0.0731. The molecule has 0 bridgehead atoms. The van der Waals surface area contributed by atoms with Gasteiger partial charge in [-0.05, 0) is 62.1 Å². The van der Waals surface area contributed by atoms with Crippen LogP contribution in [-0.4, -0.2) is 79.0 Å². The zero-order chi connectivity index (χ0) is 40.7. The molecule has 0 spiro atoms. The summed E-state index contributed by atoms with van der Waals surface area (Å²) < 4.78 is 1.42. The van der Waals surface area contributed by atoms with E-state index in [1.54, 1.807) is 0 Å². The molecule has 13 nitrogen and oxygen atoms in total. The Labute approximate surface area is 346 Å². The van der Waals surface area contributed by atoms with Crippen LogP contribution in [0.1, 0.15) is 110 Å². The topological polar surface area (TPSA) is 226 Å². The van der Waals surface area contributed by atoms with Gasteiger partial charge in [-0.15, -0.1) is 0 Å². The van der Waals surface area contributed by atoms with Crippen LogP contribution in [-0.2, 0) is 19.5 Å². The predicted molar refractivity (Wildman–Crippen MR) is 211 cm³/mol. The fourth-order valence-corrected chi connectivity index (χ4v) is 4.95. The number of carboxylic acid groups (broad SMARTS) is 3. The van der Waals surface area contributed by atoms with Crippen LogP contribution < -0.4 is 15.3 Å². The number of carbonyl (C=O) groups excluding carboxylic acids is 3. The third-order valence-electron chi connectivity index (χ3n) is 7.52. The molecule has 0 saturated carbocycles. The summed E-state index contributed by atoms with van der Waals surface area (Å²) in [6, 6.07) is 7.09. The normalized spacial score (nSPS) is 9.41. The number of aromatic carboxylic acids is 3. The second-order valence-corrected chi connectivity index (χ2v) is 11.8. The number of nitrogens with zero attached hydrogens (tertiary/aromatic N) is 7. The molecule has 0 fully saturated rings. The number of carboxylic acids is 3. The second kappa shape index (κ2) is 33.4. The monoisotopic (exact) mass is 880 g/mol. The maximum atomic E-state index is 11.3. The van der Waals surface area contributed by atoms with Crippen molar-refractivity contribution in [3.05, 3.63) is 81.7 Å². The summed E-state index contributed by atoms with van der Waals surface area (Å²) in [5.74, 6) is -4.37. The van der Waals surface area contributed by atoms with Gasteiger partial charge in [0.25, 0.3) is 0 Å². The Hall–Kier alpha value is -4.16. The van der Waals surface area contributed by atoms with Gasteiger partial charge in [-0.3, -0.25) is 9.97 Å². The molecule has 3 aromatic heterocycles. The Balaban J connectivity index is -0.000000828. The minimum Gasteiger partial charge on any atom is -0.753 e. The number of aromatic nitrogens is 3. The second-order valence-electron chi connectivity index (χ2n) is 11.3. The molecule has 17 heteroatoms. The van der Waals surface area contributed by atoms with Crippen LogP contribution in [0.2, 0.25) is 0 Å². The first-order chi connectivity index (χ1) is 25.3. The predicted octanol–water partition coefficient (Wildman–Crippen LogP) is 5.27. The molecular weight excluding hydrogens is 836 g/mol. The molecule has 292 valence electrons. The number of pyridine rings is 3. The molecule has 3 heterocycles. The minimum atomic E-state index is -1.51. The number of hydrogen-bond acceptors (Lipinski definition) is 12. The van der Waals surface area contributed by atoms with Gasteiger partial charge in [0.1, 0.15) is 0 Å². The Kier molecular flexibility index (Phi) is 33.5. The van der Waals surface area contributed by atoms with Crippen LogP contribution in [0.5, 0.6) is 0 Å². The van der Waals surface area contributed by atoms with Gasteiger partial charge in [-0.2, -0.15) is 15.5 Å². The van der Waals surface area contributed by atoms with Crippen LogP contribution in [0.4, 0.5) is 0 Å². The number of isothiocyanates is 3. The molecular formula is C37H44N7O6RuS3-3. The molecule has 0 aliphatic rings. The van der Waals surface area contributed by atoms with E-state index in [2.05, 4.69) is 79.3 Å². The van der Waals surface area contributed by atoms with Crippen molar-refractivity contribution >= 4 is 70.0 Å². The van der Waals surface area contributed by atoms with Gasteiger partial charge in [-0.1, -0.05) is 90.0 Å². The molecule has 0 atom stereocenters. The van der Waals surface area contributed by atoms with Crippen LogP contribution in [0.15, 0.2) is 48.8 Å². The van der Waals surface area contributed by atoms with Gasteiger partial charge in [0.05, 0.1) is 66.9 Å². The minimum absolute atomic E-state index is 0. The number of quaternary nitrogens is 1. The third-order valence-corrected chi connectivity index (χ3v) is 7.52. The first-order valence-corrected chi connectivity index (χ1v) is 18.0. The largest absolute Gasteiger partial charge is 2.00 e. The zero-order valence-electron chi connectivity index (χ0n) is 30.8. The first-order valence-electron chi connectivity index (χ1n) is 16.8. The van der Waals surface area contributed by atoms with Crippen molar-refractivity contribution in [1.82, 2.24) is 15.0 Å². The van der Waals surface area contributed by atoms with Crippen molar-refractivity contribution in [3.63, 3.8) is 0 Å². The third kappa shape index (κ3) is 22.8. The SMILES string of the molecule is CCCC[N+](CCCC)(CCCC)CCCC.O=C([O-])c1ccnc(-c2cc(C(=O)[O-])cc(-c3cc(C(=O)[O-])ccn3)n2)c1.[N-]=C=S.[N-]=C=S.[N-]=C=S.[Ru+2]. The van der Waals surface area contributed by atoms with Gasteiger partial charge in [0.2, 0.25) is 0 Å². The van der Waals surface area contributed by atoms with E-state index in [1.165, 1.54) is 134 Å².